The first-order valence-corrected chi connectivity index (χ1v) is 6.85. The minimum absolute atomic E-state index is 0.365. The van der Waals surface area contributed by atoms with E-state index in [4.69, 9.17) is 9.47 Å². The molecule has 19 heavy (non-hydrogen) atoms. The Morgan fingerprint density at radius 3 is 2.68 bits per heavy atom. The Morgan fingerprint density at radius 2 is 2.05 bits per heavy atom. The van der Waals surface area contributed by atoms with Gasteiger partial charge in [0.05, 0.1) is 19.9 Å². The lowest BCUT2D eigenvalue weighted by molar-refractivity contribution is 0.259. The van der Waals surface area contributed by atoms with Crippen LogP contribution < -0.4 is 14.8 Å². The lowest BCUT2D eigenvalue weighted by Crippen LogP contribution is -2.22. The van der Waals surface area contributed by atoms with Gasteiger partial charge in [0.25, 0.3) is 0 Å². The summed E-state index contributed by atoms with van der Waals surface area (Å²) < 4.78 is 23.4. The second-order valence-corrected chi connectivity index (χ2v) is 4.60. The molecule has 0 atom stereocenters. The molecule has 0 saturated carbocycles. The SMILES string of the molecule is CCOc1cccc(CNC(C)C)c1OCCCF. The molecule has 0 aliphatic rings. The van der Waals surface area contributed by atoms with Crippen LogP contribution in [0.2, 0.25) is 0 Å². The first-order chi connectivity index (χ1) is 9.19. The van der Waals surface area contributed by atoms with E-state index in [1.807, 2.05) is 25.1 Å². The maximum absolute atomic E-state index is 12.2. The summed E-state index contributed by atoms with van der Waals surface area (Å²) in [5.74, 6) is 1.45. The standard InChI is InChI=1S/C15H24FNO2/c1-4-18-14-8-5-7-13(11-17-12(2)3)15(14)19-10-6-9-16/h5,7-8,12,17H,4,6,9-11H2,1-3H3. The van der Waals surface area contributed by atoms with Gasteiger partial charge >= 0.3 is 0 Å². The van der Waals surface area contributed by atoms with Crippen molar-refractivity contribution in [1.82, 2.24) is 5.32 Å². The van der Waals surface area contributed by atoms with Gasteiger partial charge in [0, 0.05) is 24.6 Å². The predicted octanol–water partition coefficient (Wildman–Crippen LogP) is 3.32. The quantitative estimate of drug-likeness (QED) is 0.698. The van der Waals surface area contributed by atoms with Crippen LogP contribution >= 0.6 is 0 Å². The van der Waals surface area contributed by atoms with Gasteiger partial charge in [0.2, 0.25) is 0 Å². The van der Waals surface area contributed by atoms with Crippen LogP contribution in [0.5, 0.6) is 11.5 Å². The Hall–Kier alpha value is -1.29. The maximum Gasteiger partial charge on any atom is 0.165 e. The Morgan fingerprint density at radius 1 is 1.26 bits per heavy atom. The van der Waals surface area contributed by atoms with Crippen molar-refractivity contribution in [2.45, 2.75) is 39.8 Å². The van der Waals surface area contributed by atoms with E-state index in [0.29, 0.717) is 32.2 Å². The van der Waals surface area contributed by atoms with Crippen molar-refractivity contribution >= 4 is 0 Å². The summed E-state index contributed by atoms with van der Waals surface area (Å²) in [6.07, 6.45) is 0.400. The first-order valence-electron chi connectivity index (χ1n) is 6.85. The Labute approximate surface area is 115 Å². The van der Waals surface area contributed by atoms with Crippen LogP contribution in [-0.2, 0) is 6.54 Å². The molecule has 3 nitrogen and oxygen atoms in total. The van der Waals surface area contributed by atoms with Crippen LogP contribution in [0.1, 0.15) is 32.8 Å². The molecule has 1 aromatic rings. The van der Waals surface area contributed by atoms with E-state index >= 15 is 0 Å². The van der Waals surface area contributed by atoms with Crippen LogP contribution in [0, 0.1) is 0 Å². The van der Waals surface area contributed by atoms with Crippen LogP contribution in [0.25, 0.3) is 0 Å². The number of nitrogens with one attached hydrogen (secondary N) is 1. The van der Waals surface area contributed by atoms with Crippen molar-refractivity contribution in [3.63, 3.8) is 0 Å². The molecular weight excluding hydrogens is 245 g/mol. The minimum Gasteiger partial charge on any atom is -0.490 e. The lowest BCUT2D eigenvalue weighted by Gasteiger charge is -2.17. The molecular formula is C15H24FNO2. The van der Waals surface area contributed by atoms with Crippen molar-refractivity contribution in [2.24, 2.45) is 0 Å². The molecule has 0 aliphatic carbocycles. The molecule has 0 unspecified atom stereocenters. The summed E-state index contributed by atoms with van der Waals surface area (Å²) in [4.78, 5) is 0. The third-order valence-corrected chi connectivity index (χ3v) is 2.59. The molecule has 1 rings (SSSR count). The number of ether oxygens (including phenoxy) is 2. The molecule has 0 saturated heterocycles. The van der Waals surface area contributed by atoms with Gasteiger partial charge in [-0.05, 0) is 13.0 Å². The van der Waals surface area contributed by atoms with E-state index in [0.717, 1.165) is 17.1 Å². The summed E-state index contributed by atoms with van der Waals surface area (Å²) in [5, 5.41) is 3.35. The molecule has 0 heterocycles. The monoisotopic (exact) mass is 269 g/mol. The highest BCUT2D eigenvalue weighted by atomic mass is 19.1. The van der Waals surface area contributed by atoms with Crippen molar-refractivity contribution < 1.29 is 13.9 Å². The van der Waals surface area contributed by atoms with Gasteiger partial charge in [-0.25, -0.2) is 0 Å². The number of hydrogen-bond acceptors (Lipinski definition) is 3. The molecule has 0 amide bonds. The Bertz CT molecular complexity index is 369. The van der Waals surface area contributed by atoms with E-state index in [9.17, 15) is 4.39 Å². The molecule has 0 spiro atoms. The zero-order valence-electron chi connectivity index (χ0n) is 12.0. The highest BCUT2D eigenvalue weighted by Crippen LogP contribution is 2.31. The first kappa shape index (κ1) is 15.8. The van der Waals surface area contributed by atoms with Crippen LogP contribution in [0.4, 0.5) is 4.39 Å². The third-order valence-electron chi connectivity index (χ3n) is 2.59. The fraction of sp³-hybridized carbons (Fsp3) is 0.600. The van der Waals surface area contributed by atoms with Gasteiger partial charge in [-0.2, -0.15) is 0 Å². The number of alkyl halides is 1. The highest BCUT2D eigenvalue weighted by Gasteiger charge is 2.11. The molecule has 0 fully saturated rings. The minimum atomic E-state index is -0.365. The molecule has 0 radical (unpaired) electrons. The molecule has 0 aromatic heterocycles. The van der Waals surface area contributed by atoms with Gasteiger partial charge in [0.15, 0.2) is 11.5 Å². The molecule has 4 heteroatoms. The fourth-order valence-corrected chi connectivity index (χ4v) is 1.68. The summed E-state index contributed by atoms with van der Waals surface area (Å²) in [6.45, 7) is 7.42. The van der Waals surface area contributed by atoms with Crippen LogP contribution in [0.3, 0.4) is 0 Å². The van der Waals surface area contributed by atoms with Crippen LogP contribution in [-0.4, -0.2) is 25.9 Å². The summed E-state index contributed by atoms with van der Waals surface area (Å²) in [7, 11) is 0. The number of benzene rings is 1. The summed E-state index contributed by atoms with van der Waals surface area (Å²) in [5.41, 5.74) is 1.04. The van der Waals surface area contributed by atoms with Gasteiger partial charge in [-0.3, -0.25) is 4.39 Å². The Balaban J connectivity index is 2.83. The second-order valence-electron chi connectivity index (χ2n) is 4.60. The molecule has 0 aliphatic heterocycles. The number of halogens is 1. The van der Waals surface area contributed by atoms with E-state index in [-0.39, 0.29) is 6.67 Å². The molecule has 108 valence electrons. The normalized spacial score (nSPS) is 10.8. The van der Waals surface area contributed by atoms with Gasteiger partial charge in [-0.1, -0.05) is 26.0 Å². The van der Waals surface area contributed by atoms with E-state index in [1.165, 1.54) is 0 Å². The van der Waals surface area contributed by atoms with Gasteiger partial charge in [-0.15, -0.1) is 0 Å². The van der Waals surface area contributed by atoms with Crippen molar-refractivity contribution in [1.29, 1.82) is 0 Å². The lowest BCUT2D eigenvalue weighted by atomic mass is 10.1. The Kier molecular flexibility index (Phi) is 7.26. The van der Waals surface area contributed by atoms with Crippen LogP contribution in [0.15, 0.2) is 18.2 Å². The van der Waals surface area contributed by atoms with Gasteiger partial charge in [0.1, 0.15) is 0 Å². The maximum atomic E-state index is 12.2. The summed E-state index contributed by atoms with van der Waals surface area (Å²) in [6, 6.07) is 6.23. The van der Waals surface area contributed by atoms with E-state index in [1.54, 1.807) is 0 Å². The van der Waals surface area contributed by atoms with Crippen molar-refractivity contribution in [3.05, 3.63) is 23.8 Å². The number of hydrogen-bond donors (Lipinski definition) is 1. The topological polar surface area (TPSA) is 30.5 Å². The van der Waals surface area contributed by atoms with Crippen molar-refractivity contribution in [2.75, 3.05) is 19.9 Å². The van der Waals surface area contributed by atoms with Crippen molar-refractivity contribution in [3.8, 4) is 11.5 Å². The molecule has 0 bridgehead atoms. The number of rotatable bonds is 9. The average Bonchev–Trinajstić information content (AvgIpc) is 2.39. The largest absolute Gasteiger partial charge is 0.490 e. The predicted molar refractivity (Wildman–Crippen MR) is 75.7 cm³/mol. The molecule has 1 aromatic carbocycles. The summed E-state index contributed by atoms with van der Waals surface area (Å²) >= 11 is 0. The van der Waals surface area contributed by atoms with E-state index in [2.05, 4.69) is 19.2 Å². The van der Waals surface area contributed by atoms with Gasteiger partial charge < -0.3 is 14.8 Å². The number of para-hydroxylation sites is 1. The molecule has 1 N–H and O–H groups in total. The second kappa shape index (κ2) is 8.75. The average molecular weight is 269 g/mol. The zero-order chi connectivity index (χ0) is 14.1. The zero-order valence-corrected chi connectivity index (χ0v) is 12.0. The third kappa shape index (κ3) is 5.47. The fourth-order valence-electron chi connectivity index (χ4n) is 1.68. The smallest absolute Gasteiger partial charge is 0.165 e. The van der Waals surface area contributed by atoms with E-state index < -0.39 is 0 Å². The highest BCUT2D eigenvalue weighted by molar-refractivity contribution is 5.46.